The van der Waals surface area contributed by atoms with Gasteiger partial charge in [-0.05, 0) is 23.8 Å². The lowest BCUT2D eigenvalue weighted by Gasteiger charge is -2.09. The van der Waals surface area contributed by atoms with Crippen LogP contribution in [0.3, 0.4) is 0 Å². The highest BCUT2D eigenvalue weighted by atomic mass is 16.5. The first-order valence-corrected chi connectivity index (χ1v) is 8.94. The Hall–Kier alpha value is -3.73. The van der Waals surface area contributed by atoms with Gasteiger partial charge in [0, 0.05) is 10.9 Å². The lowest BCUT2D eigenvalue weighted by molar-refractivity contribution is 0.414. The fraction of sp³-hybridized carbons (Fsp3) is 0.0870. The SMILES string of the molecule is COc1ccc(Cn2c(=O)c(=N)nc(-c3ccccc3)c3ccccc32)cc1. The second-order valence-corrected chi connectivity index (χ2v) is 6.43. The van der Waals surface area contributed by atoms with E-state index in [1.54, 1.807) is 11.7 Å². The maximum Gasteiger partial charge on any atom is 0.295 e. The molecule has 0 aliphatic rings. The average Bonchev–Trinajstić information content (AvgIpc) is 2.85. The van der Waals surface area contributed by atoms with E-state index in [0.717, 1.165) is 27.8 Å². The number of hydrogen-bond donors (Lipinski definition) is 1. The van der Waals surface area contributed by atoms with Gasteiger partial charge < -0.3 is 9.30 Å². The Morgan fingerprint density at radius 2 is 1.61 bits per heavy atom. The zero-order chi connectivity index (χ0) is 19.5. The Morgan fingerprint density at radius 1 is 0.929 bits per heavy atom. The molecule has 0 radical (unpaired) electrons. The van der Waals surface area contributed by atoms with Crippen LogP contribution in [-0.4, -0.2) is 16.7 Å². The van der Waals surface area contributed by atoms with Crippen molar-refractivity contribution in [3.63, 3.8) is 0 Å². The van der Waals surface area contributed by atoms with Gasteiger partial charge in [0.2, 0.25) is 5.49 Å². The van der Waals surface area contributed by atoms with Crippen molar-refractivity contribution >= 4 is 10.9 Å². The summed E-state index contributed by atoms with van der Waals surface area (Å²) >= 11 is 0. The molecule has 0 fully saturated rings. The maximum atomic E-state index is 13.0. The highest BCUT2D eigenvalue weighted by Gasteiger charge is 2.11. The molecule has 3 aromatic carbocycles. The van der Waals surface area contributed by atoms with E-state index in [4.69, 9.17) is 10.1 Å². The molecule has 0 saturated heterocycles. The van der Waals surface area contributed by atoms with Crippen LogP contribution in [-0.2, 0) is 6.54 Å². The monoisotopic (exact) mass is 369 g/mol. The van der Waals surface area contributed by atoms with E-state index in [-0.39, 0.29) is 5.49 Å². The predicted molar refractivity (Wildman–Crippen MR) is 109 cm³/mol. The molecule has 0 bridgehead atoms. The molecular formula is C23H19N3O2. The molecule has 0 unspecified atom stereocenters. The molecule has 0 saturated carbocycles. The summed E-state index contributed by atoms with van der Waals surface area (Å²) in [5, 5.41) is 9.08. The lowest BCUT2D eigenvalue weighted by Crippen LogP contribution is -2.33. The van der Waals surface area contributed by atoms with Crippen molar-refractivity contribution < 1.29 is 4.74 Å². The van der Waals surface area contributed by atoms with Crippen LogP contribution in [0.5, 0.6) is 5.75 Å². The van der Waals surface area contributed by atoms with Crippen LogP contribution < -0.4 is 15.8 Å². The topological polar surface area (TPSA) is 68.0 Å². The highest BCUT2D eigenvalue weighted by molar-refractivity contribution is 5.91. The Morgan fingerprint density at radius 3 is 2.32 bits per heavy atom. The molecule has 4 aromatic rings. The van der Waals surface area contributed by atoms with Crippen molar-refractivity contribution in [2.45, 2.75) is 6.54 Å². The van der Waals surface area contributed by atoms with Gasteiger partial charge in [-0.15, -0.1) is 0 Å². The first-order chi connectivity index (χ1) is 13.7. The summed E-state index contributed by atoms with van der Waals surface area (Å²) in [7, 11) is 1.62. The normalized spacial score (nSPS) is 10.8. The standard InChI is InChI=1S/C23H19N3O2/c1-28-18-13-11-16(12-14-18)15-26-20-10-6-5-9-19(20)21(25-22(24)23(26)27)17-7-3-2-4-8-17/h2-14,24H,15H2,1H3. The van der Waals surface area contributed by atoms with Gasteiger partial charge in [-0.25, -0.2) is 4.98 Å². The van der Waals surface area contributed by atoms with Crippen LogP contribution in [0.15, 0.2) is 83.7 Å². The third kappa shape index (κ3) is 3.30. The molecule has 1 heterocycles. The lowest BCUT2D eigenvalue weighted by atomic mass is 10.1. The largest absolute Gasteiger partial charge is 0.497 e. The number of para-hydroxylation sites is 1. The number of methoxy groups -OCH3 is 1. The van der Waals surface area contributed by atoms with E-state index >= 15 is 0 Å². The van der Waals surface area contributed by atoms with Gasteiger partial charge in [0.15, 0.2) is 0 Å². The van der Waals surface area contributed by atoms with E-state index in [2.05, 4.69) is 4.98 Å². The van der Waals surface area contributed by atoms with Crippen LogP contribution >= 0.6 is 0 Å². The van der Waals surface area contributed by atoms with E-state index in [1.807, 2.05) is 78.9 Å². The summed E-state index contributed by atoms with van der Waals surface area (Å²) in [5.41, 5.74) is 2.50. The quantitative estimate of drug-likeness (QED) is 0.598. The van der Waals surface area contributed by atoms with Crippen molar-refractivity contribution in [2.24, 2.45) is 0 Å². The molecule has 1 aromatic heterocycles. The summed E-state index contributed by atoms with van der Waals surface area (Å²) in [5.74, 6) is 0.758. The minimum Gasteiger partial charge on any atom is -0.497 e. The molecule has 0 atom stereocenters. The van der Waals surface area contributed by atoms with Gasteiger partial charge >= 0.3 is 0 Å². The number of fused-ring (bicyclic) bond motifs is 1. The minimum atomic E-state index is -0.422. The first kappa shape index (κ1) is 17.7. The number of aromatic nitrogens is 2. The van der Waals surface area contributed by atoms with E-state index in [9.17, 15) is 4.79 Å². The minimum absolute atomic E-state index is 0.274. The second-order valence-electron chi connectivity index (χ2n) is 6.43. The van der Waals surface area contributed by atoms with Gasteiger partial charge in [0.1, 0.15) is 5.75 Å². The van der Waals surface area contributed by atoms with E-state index < -0.39 is 5.56 Å². The molecule has 0 amide bonds. The van der Waals surface area contributed by atoms with Crippen LogP contribution in [0.4, 0.5) is 0 Å². The molecule has 1 N–H and O–H groups in total. The molecule has 5 nitrogen and oxygen atoms in total. The zero-order valence-electron chi connectivity index (χ0n) is 15.4. The van der Waals surface area contributed by atoms with Crippen LogP contribution in [0.25, 0.3) is 22.2 Å². The highest BCUT2D eigenvalue weighted by Crippen LogP contribution is 2.24. The average molecular weight is 369 g/mol. The number of hydrogen-bond acceptors (Lipinski definition) is 4. The zero-order valence-corrected chi connectivity index (χ0v) is 15.4. The maximum absolute atomic E-state index is 13.0. The Labute approximate surface area is 162 Å². The smallest absolute Gasteiger partial charge is 0.295 e. The number of benzene rings is 3. The molecule has 0 aliphatic heterocycles. The number of nitrogens with zero attached hydrogens (tertiary/aromatic N) is 2. The Balaban J connectivity index is 1.98. The Bertz CT molecular complexity index is 1250. The van der Waals surface area contributed by atoms with Gasteiger partial charge in [-0.3, -0.25) is 10.2 Å². The molecule has 28 heavy (non-hydrogen) atoms. The fourth-order valence-corrected chi connectivity index (χ4v) is 3.25. The summed E-state index contributed by atoms with van der Waals surface area (Å²) in [6.07, 6.45) is 0. The third-order valence-corrected chi connectivity index (χ3v) is 4.67. The van der Waals surface area contributed by atoms with Crippen molar-refractivity contribution in [3.05, 3.63) is 100 Å². The van der Waals surface area contributed by atoms with Crippen LogP contribution in [0, 0.1) is 5.41 Å². The van der Waals surface area contributed by atoms with Gasteiger partial charge in [0.05, 0.1) is 24.9 Å². The number of nitrogens with one attached hydrogen (secondary N) is 1. The third-order valence-electron chi connectivity index (χ3n) is 4.67. The van der Waals surface area contributed by atoms with E-state index in [1.165, 1.54) is 0 Å². The van der Waals surface area contributed by atoms with Crippen LogP contribution in [0.2, 0.25) is 0 Å². The van der Waals surface area contributed by atoms with Crippen LogP contribution in [0.1, 0.15) is 5.56 Å². The number of rotatable bonds is 4. The molecule has 138 valence electrons. The molecule has 4 rings (SSSR count). The number of ether oxygens (including phenoxy) is 1. The summed E-state index contributed by atoms with van der Waals surface area (Å²) < 4.78 is 6.81. The molecule has 0 spiro atoms. The summed E-state index contributed by atoms with van der Waals surface area (Å²) in [6.45, 7) is 0.347. The van der Waals surface area contributed by atoms with Crippen molar-refractivity contribution in [3.8, 4) is 17.0 Å². The van der Waals surface area contributed by atoms with Gasteiger partial charge in [0.25, 0.3) is 5.56 Å². The predicted octanol–water partition coefficient (Wildman–Crippen LogP) is 3.60. The van der Waals surface area contributed by atoms with Crippen molar-refractivity contribution in [1.29, 1.82) is 5.41 Å². The van der Waals surface area contributed by atoms with Crippen molar-refractivity contribution in [1.82, 2.24) is 9.55 Å². The summed E-state index contributed by atoms with van der Waals surface area (Å²) in [4.78, 5) is 17.4. The van der Waals surface area contributed by atoms with Gasteiger partial charge in [-0.2, -0.15) is 0 Å². The molecular weight excluding hydrogens is 350 g/mol. The van der Waals surface area contributed by atoms with E-state index in [0.29, 0.717) is 12.2 Å². The molecule has 5 heteroatoms. The van der Waals surface area contributed by atoms with Gasteiger partial charge in [-0.1, -0.05) is 60.7 Å². The summed E-state index contributed by atoms with van der Waals surface area (Å²) in [6, 6.07) is 24.9. The molecule has 0 aliphatic carbocycles. The van der Waals surface area contributed by atoms with Crippen molar-refractivity contribution in [2.75, 3.05) is 7.11 Å². The first-order valence-electron chi connectivity index (χ1n) is 8.94. The fourth-order valence-electron chi connectivity index (χ4n) is 3.25. The second kappa shape index (κ2) is 7.48. The Kier molecular flexibility index (Phi) is 4.72.